The molecule has 4 nitrogen and oxygen atoms in total. The first-order chi connectivity index (χ1) is 9.84. The summed E-state index contributed by atoms with van der Waals surface area (Å²) in [5.41, 5.74) is 0. The van der Waals surface area contributed by atoms with Gasteiger partial charge in [0, 0.05) is 18.4 Å². The zero-order valence-corrected chi connectivity index (χ0v) is 11.7. The molecule has 1 aliphatic heterocycles. The van der Waals surface area contributed by atoms with Gasteiger partial charge in [0.1, 0.15) is 5.76 Å². The summed E-state index contributed by atoms with van der Waals surface area (Å²) in [4.78, 5) is 14.9. The van der Waals surface area contributed by atoms with Crippen molar-refractivity contribution in [2.24, 2.45) is 5.92 Å². The first-order valence-corrected chi connectivity index (χ1v) is 7.80. The van der Waals surface area contributed by atoms with Crippen LogP contribution < -0.4 is 0 Å². The van der Waals surface area contributed by atoms with E-state index in [0.29, 0.717) is 24.5 Å². The molecule has 0 bridgehead atoms. The molecule has 108 valence electrons. The molecule has 1 saturated heterocycles. The van der Waals surface area contributed by atoms with Crippen LogP contribution in [-0.4, -0.2) is 36.1 Å². The highest BCUT2D eigenvalue weighted by atomic mass is 16.5. The van der Waals surface area contributed by atoms with E-state index in [9.17, 15) is 4.79 Å². The summed E-state index contributed by atoms with van der Waals surface area (Å²) in [7, 11) is 0. The smallest absolute Gasteiger partial charge is 0.226 e. The van der Waals surface area contributed by atoms with Gasteiger partial charge in [-0.15, -0.1) is 0 Å². The summed E-state index contributed by atoms with van der Waals surface area (Å²) in [5, 5.41) is 0. The number of fused-ring (bicyclic) bond motifs is 1. The van der Waals surface area contributed by atoms with E-state index in [4.69, 9.17) is 9.15 Å². The van der Waals surface area contributed by atoms with E-state index in [1.54, 1.807) is 6.26 Å². The first kappa shape index (κ1) is 12.5. The molecular formula is C16H21NO3. The minimum Gasteiger partial charge on any atom is -0.469 e. The van der Waals surface area contributed by atoms with Crippen LogP contribution >= 0.6 is 0 Å². The number of amides is 1. The van der Waals surface area contributed by atoms with E-state index < -0.39 is 0 Å². The third-order valence-corrected chi connectivity index (χ3v) is 5.03. The summed E-state index contributed by atoms with van der Waals surface area (Å²) in [5.74, 6) is 1.74. The maximum Gasteiger partial charge on any atom is 0.226 e. The van der Waals surface area contributed by atoms with Gasteiger partial charge >= 0.3 is 0 Å². The van der Waals surface area contributed by atoms with Crippen molar-refractivity contribution in [1.82, 2.24) is 4.90 Å². The van der Waals surface area contributed by atoms with Gasteiger partial charge < -0.3 is 14.1 Å². The molecule has 0 aromatic carbocycles. The number of furan rings is 1. The second-order valence-electron chi connectivity index (χ2n) is 6.26. The van der Waals surface area contributed by atoms with Gasteiger partial charge in [-0.1, -0.05) is 12.8 Å². The van der Waals surface area contributed by atoms with Gasteiger partial charge in [-0.3, -0.25) is 4.79 Å². The Morgan fingerprint density at radius 2 is 2.20 bits per heavy atom. The van der Waals surface area contributed by atoms with Crippen molar-refractivity contribution in [2.45, 2.75) is 50.2 Å². The van der Waals surface area contributed by atoms with Crippen molar-refractivity contribution in [2.75, 3.05) is 13.2 Å². The van der Waals surface area contributed by atoms with E-state index in [2.05, 4.69) is 4.90 Å². The average Bonchev–Trinajstić information content (AvgIpc) is 3.11. The monoisotopic (exact) mass is 275 g/mol. The van der Waals surface area contributed by atoms with E-state index >= 15 is 0 Å². The largest absolute Gasteiger partial charge is 0.469 e. The lowest BCUT2D eigenvalue weighted by atomic mass is 9.90. The van der Waals surface area contributed by atoms with E-state index in [1.807, 2.05) is 12.1 Å². The summed E-state index contributed by atoms with van der Waals surface area (Å²) >= 11 is 0. The summed E-state index contributed by atoms with van der Waals surface area (Å²) in [6.45, 7) is 1.46. The van der Waals surface area contributed by atoms with Crippen molar-refractivity contribution in [1.29, 1.82) is 0 Å². The highest BCUT2D eigenvalue weighted by Gasteiger charge is 2.50. The number of rotatable bonds is 2. The average molecular weight is 275 g/mol. The van der Waals surface area contributed by atoms with Crippen LogP contribution in [0.25, 0.3) is 0 Å². The molecule has 0 radical (unpaired) electrons. The van der Waals surface area contributed by atoms with Gasteiger partial charge in [-0.05, 0) is 31.4 Å². The summed E-state index contributed by atoms with van der Waals surface area (Å²) in [6, 6.07) is 4.21. The SMILES string of the molecule is O=C([C@@H]1C[C@@H]1c1ccco1)N1CCO[C@H]2CCCC[C@H]21. The zero-order valence-electron chi connectivity index (χ0n) is 11.7. The molecule has 4 heteroatoms. The molecule has 2 heterocycles. The number of nitrogens with zero attached hydrogens (tertiary/aromatic N) is 1. The van der Waals surface area contributed by atoms with Crippen LogP contribution in [0.1, 0.15) is 43.8 Å². The Labute approximate surface area is 119 Å². The number of hydrogen-bond acceptors (Lipinski definition) is 3. The fourth-order valence-corrected chi connectivity index (χ4v) is 3.87. The molecule has 0 N–H and O–H groups in total. The van der Waals surface area contributed by atoms with Crippen LogP contribution in [0.5, 0.6) is 0 Å². The molecule has 4 atom stereocenters. The van der Waals surface area contributed by atoms with Crippen molar-refractivity contribution < 1.29 is 13.9 Å². The first-order valence-electron chi connectivity index (χ1n) is 7.80. The Morgan fingerprint density at radius 3 is 3.05 bits per heavy atom. The Kier molecular flexibility index (Phi) is 3.06. The van der Waals surface area contributed by atoms with Gasteiger partial charge in [0.25, 0.3) is 0 Å². The van der Waals surface area contributed by atoms with Crippen LogP contribution in [0.3, 0.4) is 0 Å². The van der Waals surface area contributed by atoms with Crippen molar-refractivity contribution in [3.05, 3.63) is 24.2 Å². The predicted molar refractivity (Wildman–Crippen MR) is 73.3 cm³/mol. The summed E-state index contributed by atoms with van der Waals surface area (Å²) < 4.78 is 11.3. The maximum absolute atomic E-state index is 12.7. The van der Waals surface area contributed by atoms with E-state index in [0.717, 1.165) is 31.6 Å². The Bertz CT molecular complexity index is 482. The molecule has 0 unspecified atom stereocenters. The molecule has 0 spiro atoms. The summed E-state index contributed by atoms with van der Waals surface area (Å²) in [6.07, 6.45) is 7.60. The third-order valence-electron chi connectivity index (χ3n) is 5.03. The van der Waals surface area contributed by atoms with E-state index in [-0.39, 0.29) is 12.0 Å². The predicted octanol–water partition coefficient (Wildman–Crippen LogP) is 2.55. The van der Waals surface area contributed by atoms with Crippen molar-refractivity contribution >= 4 is 5.91 Å². The molecule has 2 saturated carbocycles. The lowest BCUT2D eigenvalue weighted by molar-refractivity contribution is -0.151. The Hall–Kier alpha value is -1.29. The number of carbonyl (C=O) groups excluding carboxylic acids is 1. The van der Waals surface area contributed by atoms with Crippen LogP contribution in [0.2, 0.25) is 0 Å². The van der Waals surface area contributed by atoms with Crippen LogP contribution in [0, 0.1) is 5.92 Å². The Morgan fingerprint density at radius 1 is 1.30 bits per heavy atom. The van der Waals surface area contributed by atoms with Gasteiger partial charge in [-0.25, -0.2) is 0 Å². The minimum atomic E-state index is 0.141. The lowest BCUT2D eigenvalue weighted by Gasteiger charge is -2.44. The molecule has 1 aromatic heterocycles. The molecule has 20 heavy (non-hydrogen) atoms. The topological polar surface area (TPSA) is 42.7 Å². The van der Waals surface area contributed by atoms with Gasteiger partial charge in [0.2, 0.25) is 5.91 Å². The van der Waals surface area contributed by atoms with Crippen LogP contribution in [0.15, 0.2) is 22.8 Å². The molecule has 1 amide bonds. The zero-order chi connectivity index (χ0) is 13.5. The van der Waals surface area contributed by atoms with Crippen molar-refractivity contribution in [3.63, 3.8) is 0 Å². The standard InChI is InChI=1S/C16H21NO3/c18-16(12-10-11(12)14-6-3-8-19-14)17-7-9-20-15-5-2-1-4-13(15)17/h3,6,8,11-13,15H,1-2,4-5,7,9-10H2/t11-,12+,13+,15-/m0/s1. The molecule has 3 aliphatic rings. The van der Waals surface area contributed by atoms with Gasteiger partial charge in [-0.2, -0.15) is 0 Å². The minimum absolute atomic E-state index is 0.141. The fraction of sp³-hybridized carbons (Fsp3) is 0.688. The van der Waals surface area contributed by atoms with Crippen LogP contribution in [-0.2, 0) is 9.53 Å². The molecular weight excluding hydrogens is 254 g/mol. The van der Waals surface area contributed by atoms with E-state index in [1.165, 1.54) is 12.8 Å². The lowest BCUT2D eigenvalue weighted by Crippen LogP contribution is -2.55. The maximum atomic E-state index is 12.7. The molecule has 1 aromatic rings. The number of morpholine rings is 1. The molecule has 4 rings (SSSR count). The third kappa shape index (κ3) is 2.06. The van der Waals surface area contributed by atoms with Crippen molar-refractivity contribution in [3.8, 4) is 0 Å². The second kappa shape index (κ2) is 4.92. The molecule has 3 fully saturated rings. The Balaban J connectivity index is 1.46. The quantitative estimate of drug-likeness (QED) is 0.833. The van der Waals surface area contributed by atoms with Gasteiger partial charge in [0.05, 0.1) is 25.0 Å². The molecule has 2 aliphatic carbocycles. The van der Waals surface area contributed by atoms with Crippen LogP contribution in [0.4, 0.5) is 0 Å². The fourth-order valence-electron chi connectivity index (χ4n) is 3.87. The normalized spacial score (nSPS) is 36.5. The number of hydrogen-bond donors (Lipinski definition) is 0. The highest BCUT2D eigenvalue weighted by molar-refractivity contribution is 5.83. The highest BCUT2D eigenvalue weighted by Crippen LogP contribution is 2.49. The van der Waals surface area contributed by atoms with Gasteiger partial charge in [0.15, 0.2) is 0 Å². The second-order valence-corrected chi connectivity index (χ2v) is 6.26. The number of carbonyl (C=O) groups is 1. The number of ether oxygens (including phenoxy) is 1.